The summed E-state index contributed by atoms with van der Waals surface area (Å²) in [6.45, 7) is 2.04. The maximum atomic E-state index is 14.3. The Labute approximate surface area is 133 Å². The summed E-state index contributed by atoms with van der Waals surface area (Å²) in [5.41, 5.74) is 2.88. The SMILES string of the molecule is CNC(Cc1cc(C)ccc1OC)c1cccc(Br)c1F. The third kappa shape index (κ3) is 3.63. The molecule has 0 heterocycles. The molecule has 0 radical (unpaired) electrons. The molecule has 0 aromatic heterocycles. The van der Waals surface area contributed by atoms with Gasteiger partial charge in [0.05, 0.1) is 11.6 Å². The average molecular weight is 352 g/mol. The minimum Gasteiger partial charge on any atom is -0.496 e. The zero-order valence-corrected chi connectivity index (χ0v) is 14.0. The van der Waals surface area contributed by atoms with Crippen molar-refractivity contribution in [2.24, 2.45) is 0 Å². The molecule has 21 heavy (non-hydrogen) atoms. The van der Waals surface area contributed by atoms with Gasteiger partial charge in [-0.3, -0.25) is 0 Å². The van der Waals surface area contributed by atoms with Crippen LogP contribution in [0.3, 0.4) is 0 Å². The first kappa shape index (κ1) is 16.0. The predicted molar refractivity (Wildman–Crippen MR) is 87.3 cm³/mol. The predicted octanol–water partition coefficient (Wildman–Crippen LogP) is 4.41. The second-order valence-electron chi connectivity index (χ2n) is 5.00. The summed E-state index contributed by atoms with van der Waals surface area (Å²) in [7, 11) is 3.50. The highest BCUT2D eigenvalue weighted by atomic mass is 79.9. The van der Waals surface area contributed by atoms with Gasteiger partial charge in [0.1, 0.15) is 11.6 Å². The van der Waals surface area contributed by atoms with Crippen molar-refractivity contribution in [2.75, 3.05) is 14.2 Å². The molecule has 0 aliphatic rings. The van der Waals surface area contributed by atoms with Gasteiger partial charge in [-0.2, -0.15) is 0 Å². The van der Waals surface area contributed by atoms with Gasteiger partial charge < -0.3 is 10.1 Å². The molecular formula is C17H19BrFNO. The summed E-state index contributed by atoms with van der Waals surface area (Å²) in [5.74, 6) is 0.611. The highest BCUT2D eigenvalue weighted by Crippen LogP contribution is 2.29. The fourth-order valence-corrected chi connectivity index (χ4v) is 2.83. The maximum Gasteiger partial charge on any atom is 0.142 e. The molecule has 0 bridgehead atoms. The van der Waals surface area contributed by atoms with Gasteiger partial charge in [0, 0.05) is 11.6 Å². The number of aryl methyl sites for hydroxylation is 1. The Morgan fingerprint density at radius 1 is 1.29 bits per heavy atom. The van der Waals surface area contributed by atoms with E-state index in [1.165, 1.54) is 0 Å². The van der Waals surface area contributed by atoms with E-state index < -0.39 is 0 Å². The second-order valence-corrected chi connectivity index (χ2v) is 5.86. The lowest BCUT2D eigenvalue weighted by atomic mass is 9.97. The van der Waals surface area contributed by atoms with Crippen LogP contribution < -0.4 is 10.1 Å². The number of benzene rings is 2. The van der Waals surface area contributed by atoms with Crippen LogP contribution in [0.4, 0.5) is 4.39 Å². The van der Waals surface area contributed by atoms with E-state index in [0.717, 1.165) is 16.9 Å². The minimum absolute atomic E-state index is 0.113. The molecular weight excluding hydrogens is 333 g/mol. The molecule has 2 rings (SSSR count). The molecule has 0 aliphatic carbocycles. The van der Waals surface area contributed by atoms with Crippen molar-refractivity contribution in [3.63, 3.8) is 0 Å². The summed E-state index contributed by atoms with van der Waals surface area (Å²) in [6.07, 6.45) is 0.661. The third-order valence-electron chi connectivity index (χ3n) is 3.57. The van der Waals surface area contributed by atoms with Crippen LogP contribution in [0, 0.1) is 12.7 Å². The van der Waals surface area contributed by atoms with Gasteiger partial charge >= 0.3 is 0 Å². The first-order valence-electron chi connectivity index (χ1n) is 6.81. The molecule has 112 valence electrons. The van der Waals surface area contributed by atoms with E-state index in [9.17, 15) is 4.39 Å². The monoisotopic (exact) mass is 351 g/mol. The lowest BCUT2D eigenvalue weighted by Gasteiger charge is -2.20. The van der Waals surface area contributed by atoms with Gasteiger partial charge in [-0.1, -0.05) is 29.8 Å². The fourth-order valence-electron chi connectivity index (χ4n) is 2.44. The summed E-state index contributed by atoms with van der Waals surface area (Å²) in [5, 5.41) is 3.19. The molecule has 2 nitrogen and oxygen atoms in total. The van der Waals surface area contributed by atoms with E-state index >= 15 is 0 Å². The van der Waals surface area contributed by atoms with Crippen LogP contribution >= 0.6 is 15.9 Å². The average Bonchev–Trinajstić information content (AvgIpc) is 2.48. The van der Waals surface area contributed by atoms with E-state index in [4.69, 9.17) is 4.74 Å². The van der Waals surface area contributed by atoms with Crippen molar-refractivity contribution in [3.8, 4) is 5.75 Å². The van der Waals surface area contributed by atoms with Crippen LogP contribution in [-0.2, 0) is 6.42 Å². The van der Waals surface area contributed by atoms with Crippen LogP contribution in [0.2, 0.25) is 0 Å². The molecule has 0 saturated heterocycles. The Hall–Kier alpha value is -1.39. The molecule has 0 aliphatic heterocycles. The lowest BCUT2D eigenvalue weighted by Crippen LogP contribution is -2.20. The van der Waals surface area contributed by atoms with E-state index in [1.54, 1.807) is 13.2 Å². The number of hydrogen-bond donors (Lipinski definition) is 1. The molecule has 0 spiro atoms. The zero-order chi connectivity index (χ0) is 15.4. The molecule has 0 fully saturated rings. The van der Waals surface area contributed by atoms with E-state index in [1.807, 2.05) is 38.2 Å². The largest absolute Gasteiger partial charge is 0.496 e. The third-order valence-corrected chi connectivity index (χ3v) is 4.18. The minimum atomic E-state index is -0.219. The molecule has 2 aromatic rings. The number of likely N-dealkylation sites (N-methyl/N-ethyl adjacent to an activating group) is 1. The van der Waals surface area contributed by atoms with E-state index in [0.29, 0.717) is 16.5 Å². The molecule has 4 heteroatoms. The molecule has 0 saturated carbocycles. The maximum absolute atomic E-state index is 14.3. The Kier molecular flexibility index (Phi) is 5.37. The quantitative estimate of drug-likeness (QED) is 0.861. The van der Waals surface area contributed by atoms with Crippen molar-refractivity contribution < 1.29 is 9.13 Å². The lowest BCUT2D eigenvalue weighted by molar-refractivity contribution is 0.405. The van der Waals surface area contributed by atoms with Crippen molar-refractivity contribution >= 4 is 15.9 Å². The Bertz CT molecular complexity index is 630. The van der Waals surface area contributed by atoms with Gasteiger partial charge in [-0.05, 0) is 54.0 Å². The summed E-state index contributed by atoms with van der Waals surface area (Å²) >= 11 is 3.24. The number of hydrogen-bond acceptors (Lipinski definition) is 2. The van der Waals surface area contributed by atoms with Crippen molar-refractivity contribution in [1.82, 2.24) is 5.32 Å². The number of nitrogens with one attached hydrogen (secondary N) is 1. The van der Waals surface area contributed by atoms with Gasteiger partial charge in [0.25, 0.3) is 0 Å². The van der Waals surface area contributed by atoms with Gasteiger partial charge in [-0.25, -0.2) is 4.39 Å². The summed E-state index contributed by atoms with van der Waals surface area (Å²) < 4.78 is 20.2. The standard InChI is InChI=1S/C17H19BrFNO/c1-11-7-8-16(21-3)12(9-11)10-15(20-2)13-5-4-6-14(18)17(13)19/h4-9,15,20H,10H2,1-3H3. The number of methoxy groups -OCH3 is 1. The van der Waals surface area contributed by atoms with Crippen LogP contribution in [0.1, 0.15) is 22.7 Å². The highest BCUT2D eigenvalue weighted by molar-refractivity contribution is 9.10. The topological polar surface area (TPSA) is 21.3 Å². The molecule has 1 atom stereocenters. The number of rotatable bonds is 5. The summed E-state index contributed by atoms with van der Waals surface area (Å²) in [6, 6.07) is 11.3. The van der Waals surface area contributed by atoms with E-state index in [-0.39, 0.29) is 11.9 Å². The molecule has 2 aromatic carbocycles. The number of ether oxygens (including phenoxy) is 1. The van der Waals surface area contributed by atoms with Crippen molar-refractivity contribution in [2.45, 2.75) is 19.4 Å². The fraction of sp³-hybridized carbons (Fsp3) is 0.294. The molecule has 1 unspecified atom stereocenters. The van der Waals surface area contributed by atoms with Gasteiger partial charge in [0.2, 0.25) is 0 Å². The molecule has 0 amide bonds. The van der Waals surface area contributed by atoms with Crippen LogP contribution in [-0.4, -0.2) is 14.2 Å². The first-order chi connectivity index (χ1) is 10.1. The summed E-state index contributed by atoms with van der Waals surface area (Å²) in [4.78, 5) is 0. The Balaban J connectivity index is 2.35. The first-order valence-corrected chi connectivity index (χ1v) is 7.60. The molecule has 1 N–H and O–H groups in total. The van der Waals surface area contributed by atoms with Crippen molar-refractivity contribution in [1.29, 1.82) is 0 Å². The number of halogens is 2. The smallest absolute Gasteiger partial charge is 0.142 e. The second kappa shape index (κ2) is 7.05. The van der Waals surface area contributed by atoms with Crippen LogP contribution in [0.25, 0.3) is 0 Å². The van der Waals surface area contributed by atoms with Crippen molar-refractivity contribution in [3.05, 3.63) is 63.4 Å². The van der Waals surface area contributed by atoms with Gasteiger partial charge in [-0.15, -0.1) is 0 Å². The van der Waals surface area contributed by atoms with E-state index in [2.05, 4.69) is 27.3 Å². The van der Waals surface area contributed by atoms with Crippen LogP contribution in [0.15, 0.2) is 40.9 Å². The zero-order valence-electron chi connectivity index (χ0n) is 12.4. The Morgan fingerprint density at radius 2 is 2.05 bits per heavy atom. The Morgan fingerprint density at radius 3 is 2.71 bits per heavy atom. The van der Waals surface area contributed by atoms with Crippen LogP contribution in [0.5, 0.6) is 5.75 Å². The normalized spacial score (nSPS) is 12.2. The van der Waals surface area contributed by atoms with Gasteiger partial charge in [0.15, 0.2) is 0 Å². The highest BCUT2D eigenvalue weighted by Gasteiger charge is 2.18.